The molecule has 2 heterocycles. The first-order valence-corrected chi connectivity index (χ1v) is 9.46. The molecule has 166 valence electrons. The number of carbonyl (C=O) groups is 1. The van der Waals surface area contributed by atoms with Gasteiger partial charge in [-0.15, -0.1) is 0 Å². The lowest BCUT2D eigenvalue weighted by Gasteiger charge is -2.22. The lowest BCUT2D eigenvalue weighted by atomic mass is 10.1. The van der Waals surface area contributed by atoms with E-state index in [9.17, 15) is 31.1 Å². The number of amides is 1. The minimum Gasteiger partial charge on any atom is -0.355 e. The second-order valence-corrected chi connectivity index (χ2v) is 7.02. The Bertz CT molecular complexity index is 920. The third-order valence-corrected chi connectivity index (χ3v) is 4.86. The Labute approximate surface area is 174 Å². The Kier molecular flexibility index (Phi) is 6.56. The molecule has 1 saturated heterocycles. The minimum absolute atomic E-state index is 0.290. The van der Waals surface area contributed by atoms with Crippen LogP contribution in [0.4, 0.5) is 32.2 Å². The highest BCUT2D eigenvalue weighted by molar-refractivity contribution is 5.91. The molecule has 1 aromatic heterocycles. The van der Waals surface area contributed by atoms with Crippen molar-refractivity contribution >= 4 is 17.8 Å². The summed E-state index contributed by atoms with van der Waals surface area (Å²) in [6, 6.07) is 6.75. The number of alkyl halides is 6. The smallest absolute Gasteiger partial charge is 0.355 e. The third-order valence-electron chi connectivity index (χ3n) is 4.86. The fraction of sp³-hybridized carbons (Fsp3) is 0.333. The Morgan fingerprint density at radius 2 is 1.48 bits per heavy atom. The highest BCUT2D eigenvalue weighted by atomic mass is 19.4. The first kappa shape index (κ1) is 22.6. The number of halogens is 6. The van der Waals surface area contributed by atoms with Crippen LogP contribution in [-0.2, 0) is 17.1 Å². The zero-order chi connectivity index (χ0) is 22.6. The van der Waals surface area contributed by atoms with E-state index in [2.05, 4.69) is 4.98 Å². The molecule has 0 N–H and O–H groups in total. The van der Waals surface area contributed by atoms with Crippen LogP contribution in [0, 0.1) is 0 Å². The van der Waals surface area contributed by atoms with E-state index in [1.165, 1.54) is 30.4 Å². The van der Waals surface area contributed by atoms with Crippen molar-refractivity contribution in [2.45, 2.75) is 18.8 Å². The average Bonchev–Trinajstić information content (AvgIpc) is 2.97. The van der Waals surface area contributed by atoms with E-state index < -0.39 is 23.5 Å². The fourth-order valence-electron chi connectivity index (χ4n) is 3.16. The normalized spacial score (nSPS) is 15.9. The SMILES string of the molecule is O=C(/C=C/c1ccc(C(F)(F)F)cc1)N1CCCN(c2ccc(C(F)(F)F)cn2)CC1. The van der Waals surface area contributed by atoms with E-state index in [4.69, 9.17) is 0 Å². The lowest BCUT2D eigenvalue weighted by Crippen LogP contribution is -2.34. The molecule has 0 bridgehead atoms. The number of nitrogens with zero attached hydrogens (tertiary/aromatic N) is 3. The molecule has 0 atom stereocenters. The fourth-order valence-corrected chi connectivity index (χ4v) is 3.16. The molecular formula is C21H19F6N3O. The molecule has 0 unspecified atom stereocenters. The van der Waals surface area contributed by atoms with Crippen molar-refractivity contribution in [1.29, 1.82) is 0 Å². The molecule has 0 saturated carbocycles. The van der Waals surface area contributed by atoms with E-state index in [0.717, 1.165) is 24.4 Å². The Morgan fingerprint density at radius 1 is 0.839 bits per heavy atom. The highest BCUT2D eigenvalue weighted by Gasteiger charge is 2.31. The Hall–Kier alpha value is -3.04. The number of rotatable bonds is 3. The van der Waals surface area contributed by atoms with Crippen LogP contribution in [0.15, 0.2) is 48.7 Å². The first-order chi connectivity index (χ1) is 14.5. The Balaban J connectivity index is 1.58. The van der Waals surface area contributed by atoms with E-state index in [-0.39, 0.29) is 5.91 Å². The molecule has 3 rings (SSSR count). The van der Waals surface area contributed by atoms with Crippen LogP contribution in [0.5, 0.6) is 0 Å². The summed E-state index contributed by atoms with van der Waals surface area (Å²) < 4.78 is 75.9. The van der Waals surface area contributed by atoms with Gasteiger partial charge in [0.1, 0.15) is 5.82 Å². The summed E-state index contributed by atoms with van der Waals surface area (Å²) in [5.41, 5.74) is -1.12. The van der Waals surface area contributed by atoms with Crippen LogP contribution in [0.2, 0.25) is 0 Å². The van der Waals surface area contributed by atoms with Gasteiger partial charge in [0.15, 0.2) is 0 Å². The zero-order valence-corrected chi connectivity index (χ0v) is 16.2. The molecule has 0 aliphatic carbocycles. The first-order valence-electron chi connectivity index (χ1n) is 9.46. The van der Waals surface area contributed by atoms with Crippen molar-refractivity contribution in [2.24, 2.45) is 0 Å². The minimum atomic E-state index is -4.45. The summed E-state index contributed by atoms with van der Waals surface area (Å²) in [6.07, 6.45) is -4.74. The maximum absolute atomic E-state index is 12.7. The summed E-state index contributed by atoms with van der Waals surface area (Å²) in [4.78, 5) is 19.7. The van der Waals surface area contributed by atoms with Gasteiger partial charge >= 0.3 is 12.4 Å². The number of anilines is 1. The van der Waals surface area contributed by atoms with Crippen LogP contribution in [0.3, 0.4) is 0 Å². The van der Waals surface area contributed by atoms with Crippen molar-refractivity contribution in [3.8, 4) is 0 Å². The van der Waals surface area contributed by atoms with Gasteiger partial charge in [0.2, 0.25) is 5.91 Å². The molecule has 1 fully saturated rings. The molecule has 0 radical (unpaired) electrons. The monoisotopic (exact) mass is 443 g/mol. The van der Waals surface area contributed by atoms with Crippen LogP contribution in [0.25, 0.3) is 6.08 Å². The summed E-state index contributed by atoms with van der Waals surface area (Å²) in [5, 5.41) is 0. The number of hydrogen-bond donors (Lipinski definition) is 0. The standard InChI is InChI=1S/C21H19F6N3O/c22-20(23,24)16-5-2-15(3-6-16)4-9-19(31)30-11-1-10-29(12-13-30)18-8-7-17(14-28-18)21(25,26)27/h2-9,14H,1,10-13H2/b9-4+. The van der Waals surface area contributed by atoms with Crippen LogP contribution >= 0.6 is 0 Å². The molecule has 10 heteroatoms. The van der Waals surface area contributed by atoms with Gasteiger partial charge in [-0.2, -0.15) is 26.3 Å². The number of hydrogen-bond acceptors (Lipinski definition) is 3. The highest BCUT2D eigenvalue weighted by Crippen LogP contribution is 2.30. The van der Waals surface area contributed by atoms with E-state index in [1.54, 1.807) is 4.90 Å². The van der Waals surface area contributed by atoms with Gasteiger partial charge in [-0.05, 0) is 42.3 Å². The van der Waals surface area contributed by atoms with Gasteiger partial charge in [0, 0.05) is 38.5 Å². The largest absolute Gasteiger partial charge is 0.417 e. The summed E-state index contributed by atoms with van der Waals surface area (Å²) >= 11 is 0. The quantitative estimate of drug-likeness (QED) is 0.502. The molecular weight excluding hydrogens is 424 g/mol. The molecule has 31 heavy (non-hydrogen) atoms. The molecule has 1 aliphatic heterocycles. The summed E-state index contributed by atoms with van der Waals surface area (Å²) in [5.74, 6) is 0.115. The lowest BCUT2D eigenvalue weighted by molar-refractivity contribution is -0.138. The molecule has 2 aromatic rings. The molecule has 1 aromatic carbocycles. The van der Waals surface area contributed by atoms with Gasteiger partial charge in [0.25, 0.3) is 0 Å². The molecule has 4 nitrogen and oxygen atoms in total. The van der Waals surface area contributed by atoms with Gasteiger partial charge in [-0.25, -0.2) is 4.98 Å². The topological polar surface area (TPSA) is 36.4 Å². The van der Waals surface area contributed by atoms with Crippen molar-refractivity contribution in [3.05, 3.63) is 65.4 Å². The van der Waals surface area contributed by atoms with Crippen molar-refractivity contribution in [1.82, 2.24) is 9.88 Å². The van der Waals surface area contributed by atoms with Gasteiger partial charge in [-0.1, -0.05) is 12.1 Å². The number of pyridine rings is 1. The molecule has 1 aliphatic rings. The zero-order valence-electron chi connectivity index (χ0n) is 16.2. The third kappa shape index (κ3) is 5.99. The number of benzene rings is 1. The van der Waals surface area contributed by atoms with Crippen molar-refractivity contribution < 1.29 is 31.1 Å². The average molecular weight is 443 g/mol. The maximum atomic E-state index is 12.7. The maximum Gasteiger partial charge on any atom is 0.417 e. The predicted molar refractivity (Wildman–Crippen MR) is 103 cm³/mol. The predicted octanol–water partition coefficient (Wildman–Crippen LogP) is 4.87. The number of aromatic nitrogens is 1. The number of carbonyl (C=O) groups excluding carboxylic acids is 1. The second-order valence-electron chi connectivity index (χ2n) is 7.02. The summed E-state index contributed by atoms with van der Waals surface area (Å²) in [6.45, 7) is 1.73. The van der Waals surface area contributed by atoms with Crippen LogP contribution < -0.4 is 4.90 Å². The van der Waals surface area contributed by atoms with Gasteiger partial charge in [0.05, 0.1) is 11.1 Å². The molecule has 0 spiro atoms. The molecule has 1 amide bonds. The van der Waals surface area contributed by atoms with Crippen molar-refractivity contribution in [2.75, 3.05) is 31.1 Å². The van der Waals surface area contributed by atoms with E-state index in [0.29, 0.717) is 44.0 Å². The van der Waals surface area contributed by atoms with Crippen LogP contribution in [0.1, 0.15) is 23.1 Å². The Morgan fingerprint density at radius 3 is 2.06 bits per heavy atom. The van der Waals surface area contributed by atoms with E-state index >= 15 is 0 Å². The van der Waals surface area contributed by atoms with E-state index in [1.807, 2.05) is 4.90 Å². The van der Waals surface area contributed by atoms with Crippen LogP contribution in [-0.4, -0.2) is 42.0 Å². The van der Waals surface area contributed by atoms with Gasteiger partial charge < -0.3 is 9.80 Å². The van der Waals surface area contributed by atoms with Crippen molar-refractivity contribution in [3.63, 3.8) is 0 Å². The van der Waals surface area contributed by atoms with Gasteiger partial charge in [-0.3, -0.25) is 4.79 Å². The second kappa shape index (κ2) is 8.99. The summed E-state index contributed by atoms with van der Waals surface area (Å²) in [7, 11) is 0.